The lowest BCUT2D eigenvalue weighted by Crippen LogP contribution is -2.62. The number of hydrogen-bond acceptors (Lipinski definition) is 23. The van der Waals surface area contributed by atoms with Gasteiger partial charge in [-0.3, -0.25) is 0 Å². The molecule has 3 aromatic heterocycles. The number of nitrogens with zero attached hydrogens (tertiary/aromatic N) is 16. The lowest BCUT2D eigenvalue weighted by Gasteiger charge is -2.49. The van der Waals surface area contributed by atoms with Gasteiger partial charge in [0.25, 0.3) is 0 Å². The summed E-state index contributed by atoms with van der Waals surface area (Å²) in [6.45, 7) is 60.3. The van der Waals surface area contributed by atoms with Gasteiger partial charge in [-0.2, -0.15) is 39.9 Å². The molecule has 5 fully saturated rings. The topological polar surface area (TPSA) is 223 Å². The Balaban J connectivity index is 0.830. The number of nitrogens with one attached hydrogen (secondary N) is 7. The standard InChI is InChI=1S/C91H173N23/c1-28-30-31-36-42-51-113(55-46-40-49-92-67-75-97-78(109(24)69-59-84(7,8)104-85(9,10)60-69)101-79(98-75)110(25)70-61-86(11,12)105-87(13,14)62-70)52-43-37-34-32-33-35-38-44-53-114(54-45-39-48-74-94-73(29-2)95-77(96-74)108(23)68-57-82(3,4)103-83(5,6)58-68)56-47-41-50-93-76-99-80(111(26)71-63-88(15,16)106-89(17,18)64-71)102-81(100-76)112(27)72-65-90(19,20)107-91(21,22)66-72/h68-72,92,103-107H,28-67H2,1-27H3,(H,93,99,100,102). The SMILES string of the molecule is CCCCCCCN(CCCCCCCCCCN(CCCCNc1nc(N(C)C2CC(C)(C)NC(C)(C)C2)nc(N(C)C2CC(C)(C)NC(C)(C)C2)n1)CCCCc1nc(CC)nc(N(C)C2CC(C)(C)NC(C)(C)C2)n1)CCCCNCc1nc(N(C)C2CC(C)(C)NC(C)(C)C2)nc(N(C)C2CC(C)(C)NC(C)(C)C2)n1. The number of aromatic nitrogens is 9. The van der Waals surface area contributed by atoms with Crippen molar-refractivity contribution in [3.63, 3.8) is 0 Å². The molecule has 23 heteroatoms. The third kappa shape index (κ3) is 31.3. The van der Waals surface area contributed by atoms with E-state index < -0.39 is 0 Å². The second-order valence-corrected chi connectivity index (χ2v) is 43.2. The fourth-order valence-electron chi connectivity index (χ4n) is 21.4. The zero-order valence-corrected chi connectivity index (χ0v) is 78.3. The van der Waals surface area contributed by atoms with E-state index in [4.69, 9.17) is 44.9 Å². The van der Waals surface area contributed by atoms with Crippen molar-refractivity contribution < 1.29 is 0 Å². The molecule has 8 heterocycles. The maximum Gasteiger partial charge on any atom is 0.231 e. The summed E-state index contributed by atoms with van der Waals surface area (Å²) < 4.78 is 0. The minimum absolute atomic E-state index is 0.00878. The average molecular weight is 1590 g/mol. The van der Waals surface area contributed by atoms with Gasteiger partial charge in [-0.1, -0.05) is 78.1 Å². The molecule has 5 saturated heterocycles. The predicted octanol–water partition coefficient (Wildman–Crippen LogP) is 16.0. The molecule has 0 amide bonds. The molecule has 5 aliphatic heterocycles. The Kier molecular flexibility index (Phi) is 34.3. The lowest BCUT2D eigenvalue weighted by atomic mass is 9.79. The van der Waals surface area contributed by atoms with Gasteiger partial charge in [-0.05, 0) is 306 Å². The molecule has 0 aliphatic carbocycles. The summed E-state index contributed by atoms with van der Waals surface area (Å²) in [5, 5.41) is 27.0. The van der Waals surface area contributed by atoms with Crippen LogP contribution in [0.5, 0.6) is 0 Å². The molecular weight excluding hydrogens is 1420 g/mol. The number of hydrogen-bond donors (Lipinski definition) is 7. The Labute approximate surface area is 697 Å². The number of piperidine rings is 5. The molecule has 0 unspecified atom stereocenters. The highest BCUT2D eigenvalue weighted by atomic mass is 15.4. The first-order chi connectivity index (χ1) is 53.2. The molecule has 0 saturated carbocycles. The minimum Gasteiger partial charge on any atom is -0.354 e. The third-order valence-corrected chi connectivity index (χ3v) is 25.4. The largest absolute Gasteiger partial charge is 0.354 e. The van der Waals surface area contributed by atoms with E-state index in [0.29, 0.717) is 30.6 Å². The van der Waals surface area contributed by atoms with Crippen molar-refractivity contribution in [2.24, 2.45) is 0 Å². The van der Waals surface area contributed by atoms with E-state index in [2.05, 4.69) is 259 Å². The monoisotopic (exact) mass is 1590 g/mol. The molecule has 0 aromatic carbocycles. The Morgan fingerprint density at radius 3 is 0.851 bits per heavy atom. The normalized spacial score (nSPS) is 21.3. The van der Waals surface area contributed by atoms with Crippen LogP contribution in [0.25, 0.3) is 0 Å². The molecule has 652 valence electrons. The summed E-state index contributed by atoms with van der Waals surface area (Å²) in [6.07, 6.45) is 35.6. The van der Waals surface area contributed by atoms with Crippen LogP contribution in [0.15, 0.2) is 0 Å². The zero-order valence-electron chi connectivity index (χ0n) is 78.3. The van der Waals surface area contributed by atoms with Gasteiger partial charge in [0.15, 0.2) is 0 Å². The fraction of sp³-hybridized carbons (Fsp3) is 0.901. The second kappa shape index (κ2) is 41.2. The Morgan fingerprint density at radius 1 is 0.281 bits per heavy atom. The molecular formula is C91H173N23. The quantitative estimate of drug-likeness (QED) is 0.0261. The maximum atomic E-state index is 5.30. The summed E-state index contributed by atoms with van der Waals surface area (Å²) in [5.41, 5.74) is 0.0822. The smallest absolute Gasteiger partial charge is 0.231 e. The summed E-state index contributed by atoms with van der Waals surface area (Å²) in [5.74, 6) is 7.22. The predicted molar refractivity (Wildman–Crippen MR) is 483 cm³/mol. The van der Waals surface area contributed by atoms with Crippen LogP contribution >= 0.6 is 0 Å². The van der Waals surface area contributed by atoms with E-state index in [1.54, 1.807) is 0 Å². The van der Waals surface area contributed by atoms with E-state index in [0.717, 1.165) is 189 Å². The van der Waals surface area contributed by atoms with Crippen LogP contribution < -0.4 is 61.7 Å². The van der Waals surface area contributed by atoms with Gasteiger partial charge in [0, 0.05) is 140 Å². The van der Waals surface area contributed by atoms with E-state index >= 15 is 0 Å². The summed E-state index contributed by atoms with van der Waals surface area (Å²) in [6, 6.07) is 1.54. The van der Waals surface area contributed by atoms with Crippen molar-refractivity contribution >= 4 is 35.7 Å². The van der Waals surface area contributed by atoms with Gasteiger partial charge in [-0.15, -0.1) is 0 Å². The minimum atomic E-state index is -0.00878. The van der Waals surface area contributed by atoms with Crippen molar-refractivity contribution in [3.8, 4) is 0 Å². The van der Waals surface area contributed by atoms with Crippen LogP contribution in [-0.4, -0.2) is 228 Å². The number of rotatable bonds is 46. The van der Waals surface area contributed by atoms with E-state index in [-0.39, 0.29) is 67.5 Å². The number of unbranched alkanes of at least 4 members (excludes halogenated alkanes) is 14. The third-order valence-electron chi connectivity index (χ3n) is 25.4. The molecule has 7 N–H and O–H groups in total. The molecule has 5 aliphatic rings. The van der Waals surface area contributed by atoms with Crippen molar-refractivity contribution in [1.29, 1.82) is 0 Å². The van der Waals surface area contributed by atoms with Crippen LogP contribution in [0.1, 0.15) is 356 Å². The molecule has 23 nitrogen and oxygen atoms in total. The second-order valence-electron chi connectivity index (χ2n) is 43.2. The first-order valence-electron chi connectivity index (χ1n) is 46.0. The summed E-state index contributed by atoms with van der Waals surface area (Å²) in [4.78, 5) is 64.0. The maximum absolute atomic E-state index is 5.30. The molecule has 114 heavy (non-hydrogen) atoms. The van der Waals surface area contributed by atoms with Gasteiger partial charge in [0.1, 0.15) is 17.5 Å². The van der Waals surface area contributed by atoms with Gasteiger partial charge < -0.3 is 71.5 Å². The summed E-state index contributed by atoms with van der Waals surface area (Å²) in [7, 11) is 11.0. The van der Waals surface area contributed by atoms with Crippen LogP contribution in [0.3, 0.4) is 0 Å². The van der Waals surface area contributed by atoms with Gasteiger partial charge in [0.2, 0.25) is 35.7 Å². The number of aryl methyl sites for hydroxylation is 2. The molecule has 0 bridgehead atoms. The van der Waals surface area contributed by atoms with Gasteiger partial charge in [0.05, 0.1) is 6.54 Å². The Morgan fingerprint density at radius 2 is 0.535 bits per heavy atom. The highest BCUT2D eigenvalue weighted by molar-refractivity contribution is 5.47. The van der Waals surface area contributed by atoms with E-state index in [9.17, 15) is 0 Å². The van der Waals surface area contributed by atoms with Crippen molar-refractivity contribution in [2.75, 3.05) is 117 Å². The van der Waals surface area contributed by atoms with E-state index in [1.807, 2.05) is 0 Å². The fourth-order valence-corrected chi connectivity index (χ4v) is 21.4. The number of anilines is 6. The van der Waals surface area contributed by atoms with Gasteiger partial charge >= 0.3 is 0 Å². The highest BCUT2D eigenvalue weighted by Crippen LogP contribution is 2.39. The van der Waals surface area contributed by atoms with Crippen LogP contribution in [0, 0.1) is 0 Å². The molecule has 0 radical (unpaired) electrons. The van der Waals surface area contributed by atoms with Crippen LogP contribution in [0.4, 0.5) is 35.7 Å². The average Bonchev–Trinajstić information content (AvgIpc) is 0.802. The van der Waals surface area contributed by atoms with Gasteiger partial charge in [-0.25, -0.2) is 4.98 Å². The summed E-state index contributed by atoms with van der Waals surface area (Å²) >= 11 is 0. The molecule has 3 aromatic rings. The first kappa shape index (κ1) is 95.0. The van der Waals surface area contributed by atoms with Crippen molar-refractivity contribution in [1.82, 2.24) is 86.6 Å². The zero-order chi connectivity index (χ0) is 83.7. The van der Waals surface area contributed by atoms with E-state index in [1.165, 1.54) is 110 Å². The Hall–Kier alpha value is -4.49. The van der Waals surface area contributed by atoms with Crippen molar-refractivity contribution in [3.05, 3.63) is 17.5 Å². The highest BCUT2D eigenvalue weighted by Gasteiger charge is 2.46. The van der Waals surface area contributed by atoms with Crippen LogP contribution in [-0.2, 0) is 19.4 Å². The first-order valence-corrected chi connectivity index (χ1v) is 46.0. The lowest BCUT2D eigenvalue weighted by molar-refractivity contribution is 0.159. The molecule has 8 rings (SSSR count). The van der Waals surface area contributed by atoms with Crippen molar-refractivity contribution in [2.45, 2.75) is 444 Å². The molecule has 0 spiro atoms. The van der Waals surface area contributed by atoms with Crippen LogP contribution in [0.2, 0.25) is 0 Å². The Bertz CT molecular complexity index is 3160. The molecule has 0 atom stereocenters.